The van der Waals surface area contributed by atoms with Crippen LogP contribution in [0.5, 0.6) is 0 Å². The molecule has 1 aromatic heterocycles. The number of para-hydroxylation sites is 1. The van der Waals surface area contributed by atoms with Gasteiger partial charge in [-0.05, 0) is 29.8 Å². The van der Waals surface area contributed by atoms with Crippen LogP contribution in [0.25, 0.3) is 5.69 Å². The Bertz CT molecular complexity index is 768. The third kappa shape index (κ3) is 3.17. The van der Waals surface area contributed by atoms with Crippen LogP contribution < -0.4 is 5.32 Å². The van der Waals surface area contributed by atoms with Crippen molar-refractivity contribution in [1.82, 2.24) is 20.3 Å². The van der Waals surface area contributed by atoms with Crippen LogP contribution in [0.4, 0.5) is 4.39 Å². The molecule has 1 heterocycles. The van der Waals surface area contributed by atoms with Crippen molar-refractivity contribution in [2.45, 2.75) is 6.54 Å². The topological polar surface area (TPSA) is 59.8 Å². The molecule has 6 heteroatoms. The molecule has 1 amide bonds. The first-order chi connectivity index (χ1) is 10.7. The van der Waals surface area contributed by atoms with Gasteiger partial charge in [-0.1, -0.05) is 30.3 Å². The predicted molar refractivity (Wildman–Crippen MR) is 78.9 cm³/mol. The minimum Gasteiger partial charge on any atom is -0.347 e. The maximum absolute atomic E-state index is 12.8. The van der Waals surface area contributed by atoms with Gasteiger partial charge in [0.25, 0.3) is 5.91 Å². The van der Waals surface area contributed by atoms with Crippen molar-refractivity contribution in [3.8, 4) is 5.69 Å². The Kier molecular flexibility index (Phi) is 3.91. The second-order valence-electron chi connectivity index (χ2n) is 4.66. The van der Waals surface area contributed by atoms with Gasteiger partial charge in [-0.2, -0.15) is 9.90 Å². The van der Waals surface area contributed by atoms with Crippen LogP contribution in [0.2, 0.25) is 0 Å². The highest BCUT2D eigenvalue weighted by molar-refractivity contribution is 5.91. The molecule has 2 aromatic carbocycles. The molecular formula is C16H13FN4O. The molecule has 0 aliphatic rings. The molecule has 0 aliphatic carbocycles. The zero-order valence-corrected chi connectivity index (χ0v) is 11.6. The number of amides is 1. The number of hydrogen-bond donors (Lipinski definition) is 1. The van der Waals surface area contributed by atoms with E-state index in [0.29, 0.717) is 6.54 Å². The lowest BCUT2D eigenvalue weighted by molar-refractivity contribution is 0.0945. The van der Waals surface area contributed by atoms with Gasteiger partial charge in [0, 0.05) is 6.54 Å². The number of rotatable bonds is 4. The largest absolute Gasteiger partial charge is 0.347 e. The lowest BCUT2D eigenvalue weighted by Crippen LogP contribution is -2.23. The molecule has 0 aliphatic heterocycles. The third-order valence-electron chi connectivity index (χ3n) is 3.08. The molecule has 1 N–H and O–H groups in total. The highest BCUT2D eigenvalue weighted by Gasteiger charge is 2.11. The van der Waals surface area contributed by atoms with E-state index in [4.69, 9.17) is 0 Å². The molecule has 0 saturated carbocycles. The van der Waals surface area contributed by atoms with E-state index >= 15 is 0 Å². The number of benzene rings is 2. The van der Waals surface area contributed by atoms with E-state index in [9.17, 15) is 9.18 Å². The van der Waals surface area contributed by atoms with Crippen LogP contribution in [0.1, 0.15) is 16.1 Å². The minimum absolute atomic E-state index is 0.228. The molecule has 3 aromatic rings. The fraction of sp³-hybridized carbons (Fsp3) is 0.0625. The van der Waals surface area contributed by atoms with E-state index in [2.05, 4.69) is 15.5 Å². The zero-order chi connectivity index (χ0) is 15.4. The summed E-state index contributed by atoms with van der Waals surface area (Å²) in [7, 11) is 0. The summed E-state index contributed by atoms with van der Waals surface area (Å²) in [6.07, 6.45) is 1.41. The quantitative estimate of drug-likeness (QED) is 0.804. The molecule has 0 radical (unpaired) electrons. The van der Waals surface area contributed by atoms with Crippen molar-refractivity contribution < 1.29 is 9.18 Å². The molecule has 0 atom stereocenters. The molecule has 0 spiro atoms. The summed E-state index contributed by atoms with van der Waals surface area (Å²) in [5.74, 6) is -0.632. The van der Waals surface area contributed by atoms with Crippen molar-refractivity contribution >= 4 is 5.91 Å². The molecular weight excluding hydrogens is 283 g/mol. The van der Waals surface area contributed by atoms with Crippen molar-refractivity contribution in [1.29, 1.82) is 0 Å². The van der Waals surface area contributed by atoms with Crippen LogP contribution >= 0.6 is 0 Å². The predicted octanol–water partition coefficient (Wildman–Crippen LogP) is 2.34. The number of nitrogens with zero attached hydrogens (tertiary/aromatic N) is 3. The summed E-state index contributed by atoms with van der Waals surface area (Å²) in [6, 6.07) is 15.3. The van der Waals surface area contributed by atoms with Crippen molar-refractivity contribution in [2.75, 3.05) is 0 Å². The van der Waals surface area contributed by atoms with Gasteiger partial charge >= 0.3 is 0 Å². The lowest BCUT2D eigenvalue weighted by atomic mass is 10.2. The number of halogens is 1. The van der Waals surface area contributed by atoms with Crippen LogP contribution in [-0.4, -0.2) is 20.9 Å². The van der Waals surface area contributed by atoms with Crippen LogP contribution in [0.15, 0.2) is 60.8 Å². The number of hydrogen-bond acceptors (Lipinski definition) is 3. The molecule has 0 bridgehead atoms. The van der Waals surface area contributed by atoms with Gasteiger partial charge in [-0.15, -0.1) is 5.10 Å². The van der Waals surface area contributed by atoms with Crippen LogP contribution in [0, 0.1) is 5.82 Å². The fourth-order valence-electron chi connectivity index (χ4n) is 1.93. The monoisotopic (exact) mass is 296 g/mol. The number of nitrogens with one attached hydrogen (secondary N) is 1. The van der Waals surface area contributed by atoms with Crippen molar-refractivity contribution in [3.05, 3.63) is 77.9 Å². The number of aromatic nitrogens is 3. The Labute approximate surface area is 126 Å². The Morgan fingerprint density at radius 3 is 2.55 bits per heavy atom. The van der Waals surface area contributed by atoms with Crippen LogP contribution in [-0.2, 0) is 6.54 Å². The second kappa shape index (κ2) is 6.17. The van der Waals surface area contributed by atoms with Crippen molar-refractivity contribution in [2.24, 2.45) is 0 Å². The van der Waals surface area contributed by atoms with E-state index in [1.165, 1.54) is 23.1 Å². The molecule has 110 valence electrons. The first-order valence-electron chi connectivity index (χ1n) is 6.73. The van der Waals surface area contributed by atoms with E-state index in [0.717, 1.165) is 11.3 Å². The maximum Gasteiger partial charge on any atom is 0.273 e. The Balaban J connectivity index is 1.66. The number of carbonyl (C=O) groups excluding carboxylic acids is 1. The van der Waals surface area contributed by atoms with Gasteiger partial charge in [0.05, 0.1) is 11.9 Å². The fourth-order valence-corrected chi connectivity index (χ4v) is 1.93. The smallest absolute Gasteiger partial charge is 0.273 e. The second-order valence-corrected chi connectivity index (χ2v) is 4.66. The average Bonchev–Trinajstić information content (AvgIpc) is 3.05. The van der Waals surface area contributed by atoms with E-state index < -0.39 is 0 Å². The van der Waals surface area contributed by atoms with Crippen molar-refractivity contribution in [3.63, 3.8) is 0 Å². The third-order valence-corrected chi connectivity index (χ3v) is 3.08. The van der Waals surface area contributed by atoms with E-state index in [1.54, 1.807) is 12.1 Å². The summed E-state index contributed by atoms with van der Waals surface area (Å²) < 4.78 is 12.8. The first-order valence-corrected chi connectivity index (χ1v) is 6.73. The van der Waals surface area contributed by atoms with Gasteiger partial charge in [0.2, 0.25) is 0 Å². The first kappa shape index (κ1) is 13.9. The van der Waals surface area contributed by atoms with Gasteiger partial charge in [0.1, 0.15) is 5.82 Å². The molecule has 3 rings (SSSR count). The zero-order valence-electron chi connectivity index (χ0n) is 11.6. The highest BCUT2D eigenvalue weighted by atomic mass is 19.1. The summed E-state index contributed by atoms with van der Waals surface area (Å²) in [5.41, 5.74) is 1.82. The summed E-state index contributed by atoms with van der Waals surface area (Å²) in [6.45, 7) is 0.303. The molecule has 22 heavy (non-hydrogen) atoms. The average molecular weight is 296 g/mol. The van der Waals surface area contributed by atoms with Gasteiger partial charge in [-0.3, -0.25) is 4.79 Å². The molecule has 5 nitrogen and oxygen atoms in total. The maximum atomic E-state index is 12.8. The van der Waals surface area contributed by atoms with Gasteiger partial charge < -0.3 is 5.32 Å². The summed E-state index contributed by atoms with van der Waals surface area (Å²) in [4.78, 5) is 13.4. The summed E-state index contributed by atoms with van der Waals surface area (Å²) >= 11 is 0. The SMILES string of the molecule is O=C(NCc1ccc(F)cc1)c1cnn(-c2ccccc2)n1. The van der Waals surface area contributed by atoms with Crippen LogP contribution in [0.3, 0.4) is 0 Å². The van der Waals surface area contributed by atoms with Gasteiger partial charge in [0.15, 0.2) is 5.69 Å². The highest BCUT2D eigenvalue weighted by Crippen LogP contribution is 2.05. The normalized spacial score (nSPS) is 10.4. The molecule has 0 unspecified atom stereocenters. The van der Waals surface area contributed by atoms with E-state index in [1.807, 2.05) is 30.3 Å². The minimum atomic E-state index is -0.327. The van der Waals surface area contributed by atoms with Gasteiger partial charge in [-0.25, -0.2) is 4.39 Å². The molecule has 0 saturated heterocycles. The Hall–Kier alpha value is -3.02. The molecule has 0 fully saturated rings. The number of carbonyl (C=O) groups is 1. The van der Waals surface area contributed by atoms with E-state index in [-0.39, 0.29) is 17.4 Å². The summed E-state index contributed by atoms with van der Waals surface area (Å²) in [5, 5.41) is 10.9. The Morgan fingerprint density at radius 2 is 1.82 bits per heavy atom. The lowest BCUT2D eigenvalue weighted by Gasteiger charge is -2.03. The Morgan fingerprint density at radius 1 is 1.09 bits per heavy atom. The standard InChI is InChI=1S/C16H13FN4O/c17-13-8-6-12(7-9-13)10-18-16(22)15-11-19-21(20-15)14-4-2-1-3-5-14/h1-9,11H,10H2,(H,18,22).